The van der Waals surface area contributed by atoms with E-state index >= 15 is 0 Å². The van der Waals surface area contributed by atoms with Gasteiger partial charge in [0.15, 0.2) is 0 Å². The number of nitrogens with two attached hydrogens (primary N) is 1. The van der Waals surface area contributed by atoms with Crippen LogP contribution in [0.15, 0.2) is 24.3 Å². The molecule has 100 valence electrons. The lowest BCUT2D eigenvalue weighted by Crippen LogP contribution is -2.32. The zero-order valence-electron chi connectivity index (χ0n) is 11.7. The molecule has 1 fully saturated rings. The van der Waals surface area contributed by atoms with Crippen molar-refractivity contribution >= 4 is 5.69 Å². The predicted octanol–water partition coefficient (Wildman–Crippen LogP) is 3.72. The van der Waals surface area contributed by atoms with Crippen molar-refractivity contribution in [1.29, 1.82) is 0 Å². The lowest BCUT2D eigenvalue weighted by molar-refractivity contribution is 0.318. The van der Waals surface area contributed by atoms with Gasteiger partial charge in [0.25, 0.3) is 0 Å². The number of hydrogen-bond acceptors (Lipinski definition) is 2. The van der Waals surface area contributed by atoms with Crippen LogP contribution in [0.3, 0.4) is 0 Å². The molecule has 1 aromatic carbocycles. The monoisotopic (exact) mass is 246 g/mol. The molecule has 1 aromatic rings. The minimum absolute atomic E-state index is 0.181. The molecule has 1 aliphatic rings. The zero-order chi connectivity index (χ0) is 13.0. The summed E-state index contributed by atoms with van der Waals surface area (Å²) in [6, 6.07) is 9.01. The number of hydrogen-bond donors (Lipinski definition) is 1. The molecule has 0 aliphatic heterocycles. The Hall–Kier alpha value is -1.02. The topological polar surface area (TPSA) is 29.3 Å². The summed E-state index contributed by atoms with van der Waals surface area (Å²) in [6.45, 7) is 6.68. The third-order valence-corrected chi connectivity index (χ3v) is 4.21. The molecular formula is C16H26N2. The molecule has 0 radical (unpaired) electrons. The average Bonchev–Trinajstić information content (AvgIpc) is 2.37. The molecule has 18 heavy (non-hydrogen) atoms. The van der Waals surface area contributed by atoms with E-state index < -0.39 is 0 Å². The quantitative estimate of drug-likeness (QED) is 0.829. The summed E-state index contributed by atoms with van der Waals surface area (Å²) in [4.78, 5) is 2.49. The van der Waals surface area contributed by atoms with Crippen molar-refractivity contribution in [1.82, 2.24) is 0 Å². The molecule has 0 heterocycles. The van der Waals surface area contributed by atoms with Crippen LogP contribution >= 0.6 is 0 Å². The SMILES string of the molecule is CC[C@H](N)c1ccc(N(CC)CC2CCC2)cc1. The Bertz CT molecular complexity index is 354. The third kappa shape index (κ3) is 3.05. The highest BCUT2D eigenvalue weighted by Gasteiger charge is 2.20. The Balaban J connectivity index is 2.01. The van der Waals surface area contributed by atoms with E-state index in [0.29, 0.717) is 0 Å². The number of benzene rings is 1. The van der Waals surface area contributed by atoms with E-state index in [9.17, 15) is 0 Å². The van der Waals surface area contributed by atoms with E-state index in [4.69, 9.17) is 5.73 Å². The summed E-state index contributed by atoms with van der Waals surface area (Å²) in [5, 5.41) is 0. The van der Waals surface area contributed by atoms with Gasteiger partial charge in [0, 0.05) is 24.8 Å². The first-order chi connectivity index (χ1) is 8.74. The fraction of sp³-hybridized carbons (Fsp3) is 0.625. The van der Waals surface area contributed by atoms with Crippen LogP contribution in [0.2, 0.25) is 0 Å². The van der Waals surface area contributed by atoms with Crippen molar-refractivity contribution in [2.45, 2.75) is 45.6 Å². The maximum absolute atomic E-state index is 6.05. The molecule has 1 atom stereocenters. The predicted molar refractivity (Wildman–Crippen MR) is 78.9 cm³/mol. The second kappa shape index (κ2) is 6.24. The molecule has 1 aliphatic carbocycles. The van der Waals surface area contributed by atoms with Crippen LogP contribution in [-0.2, 0) is 0 Å². The van der Waals surface area contributed by atoms with Gasteiger partial charge in [0.05, 0.1) is 0 Å². The maximum Gasteiger partial charge on any atom is 0.0366 e. The van der Waals surface area contributed by atoms with Crippen LogP contribution in [0, 0.1) is 5.92 Å². The summed E-state index contributed by atoms with van der Waals surface area (Å²) in [5.74, 6) is 0.919. The fourth-order valence-corrected chi connectivity index (χ4v) is 2.57. The van der Waals surface area contributed by atoms with Gasteiger partial charge in [-0.1, -0.05) is 25.5 Å². The first kappa shape index (κ1) is 13.4. The van der Waals surface area contributed by atoms with Gasteiger partial charge in [-0.2, -0.15) is 0 Å². The minimum Gasteiger partial charge on any atom is -0.372 e. The molecule has 0 bridgehead atoms. The minimum atomic E-state index is 0.181. The van der Waals surface area contributed by atoms with Gasteiger partial charge in [-0.05, 0) is 49.8 Å². The molecule has 0 saturated heterocycles. The summed E-state index contributed by atoms with van der Waals surface area (Å²) in [7, 11) is 0. The molecule has 2 rings (SSSR count). The molecule has 2 heteroatoms. The van der Waals surface area contributed by atoms with Crippen LogP contribution in [-0.4, -0.2) is 13.1 Å². The van der Waals surface area contributed by atoms with Crippen molar-refractivity contribution in [3.63, 3.8) is 0 Å². The molecule has 1 saturated carbocycles. The first-order valence-corrected chi connectivity index (χ1v) is 7.35. The molecule has 0 aromatic heterocycles. The van der Waals surface area contributed by atoms with Crippen molar-refractivity contribution in [2.24, 2.45) is 11.7 Å². The van der Waals surface area contributed by atoms with Crippen molar-refractivity contribution in [2.75, 3.05) is 18.0 Å². The Morgan fingerprint density at radius 2 is 1.89 bits per heavy atom. The van der Waals surface area contributed by atoms with E-state index in [2.05, 4.69) is 43.0 Å². The van der Waals surface area contributed by atoms with Gasteiger partial charge in [0.1, 0.15) is 0 Å². The molecule has 0 spiro atoms. The zero-order valence-corrected chi connectivity index (χ0v) is 11.7. The highest BCUT2D eigenvalue weighted by atomic mass is 15.1. The molecule has 2 N–H and O–H groups in total. The summed E-state index contributed by atoms with van der Waals surface area (Å²) >= 11 is 0. The smallest absolute Gasteiger partial charge is 0.0366 e. The van der Waals surface area contributed by atoms with Gasteiger partial charge in [-0.3, -0.25) is 0 Å². The van der Waals surface area contributed by atoms with E-state index in [0.717, 1.165) is 18.9 Å². The van der Waals surface area contributed by atoms with Crippen LogP contribution in [0.1, 0.15) is 51.1 Å². The molecule has 0 amide bonds. The first-order valence-electron chi connectivity index (χ1n) is 7.35. The Kier molecular flexibility index (Phi) is 4.65. The molecular weight excluding hydrogens is 220 g/mol. The highest BCUT2D eigenvalue weighted by Crippen LogP contribution is 2.29. The second-order valence-corrected chi connectivity index (χ2v) is 5.44. The standard InChI is InChI=1S/C16H26N2/c1-3-16(17)14-8-10-15(11-9-14)18(4-2)12-13-6-5-7-13/h8-11,13,16H,3-7,12,17H2,1-2H3/t16-/m0/s1. The molecule has 2 nitrogen and oxygen atoms in total. The maximum atomic E-state index is 6.05. The Morgan fingerprint density at radius 3 is 2.33 bits per heavy atom. The van der Waals surface area contributed by atoms with Gasteiger partial charge in [0.2, 0.25) is 0 Å². The van der Waals surface area contributed by atoms with Crippen molar-refractivity contribution < 1.29 is 0 Å². The second-order valence-electron chi connectivity index (χ2n) is 5.44. The summed E-state index contributed by atoms with van der Waals surface area (Å²) in [5.41, 5.74) is 8.65. The number of anilines is 1. The summed E-state index contributed by atoms with van der Waals surface area (Å²) in [6.07, 6.45) is 5.25. The van der Waals surface area contributed by atoms with E-state index in [1.54, 1.807) is 0 Å². The van der Waals surface area contributed by atoms with Gasteiger partial charge in [-0.25, -0.2) is 0 Å². The Labute approximate surface area is 111 Å². The number of rotatable bonds is 6. The average molecular weight is 246 g/mol. The van der Waals surface area contributed by atoms with E-state index in [-0.39, 0.29) is 6.04 Å². The lowest BCUT2D eigenvalue weighted by Gasteiger charge is -2.33. The number of nitrogens with zero attached hydrogens (tertiary/aromatic N) is 1. The van der Waals surface area contributed by atoms with Crippen LogP contribution in [0.4, 0.5) is 5.69 Å². The largest absolute Gasteiger partial charge is 0.372 e. The lowest BCUT2D eigenvalue weighted by atomic mass is 9.85. The third-order valence-electron chi connectivity index (χ3n) is 4.21. The van der Waals surface area contributed by atoms with Crippen LogP contribution in [0.5, 0.6) is 0 Å². The molecule has 0 unspecified atom stereocenters. The van der Waals surface area contributed by atoms with Gasteiger partial charge in [-0.15, -0.1) is 0 Å². The van der Waals surface area contributed by atoms with E-state index in [1.807, 2.05) is 0 Å². The van der Waals surface area contributed by atoms with Crippen molar-refractivity contribution in [3.8, 4) is 0 Å². The van der Waals surface area contributed by atoms with Crippen LogP contribution < -0.4 is 10.6 Å². The van der Waals surface area contributed by atoms with Gasteiger partial charge >= 0.3 is 0 Å². The van der Waals surface area contributed by atoms with Gasteiger partial charge < -0.3 is 10.6 Å². The fourth-order valence-electron chi connectivity index (χ4n) is 2.57. The van der Waals surface area contributed by atoms with Crippen LogP contribution in [0.25, 0.3) is 0 Å². The van der Waals surface area contributed by atoms with Crippen molar-refractivity contribution in [3.05, 3.63) is 29.8 Å². The summed E-state index contributed by atoms with van der Waals surface area (Å²) < 4.78 is 0. The Morgan fingerprint density at radius 1 is 1.22 bits per heavy atom. The highest BCUT2D eigenvalue weighted by molar-refractivity contribution is 5.48. The van der Waals surface area contributed by atoms with E-state index in [1.165, 1.54) is 37.1 Å². The normalized spacial score (nSPS) is 17.3.